The summed E-state index contributed by atoms with van der Waals surface area (Å²) in [5.41, 5.74) is 0. The number of allylic oxidation sites excluding steroid dienone is 1. The van der Waals surface area contributed by atoms with E-state index >= 15 is 0 Å². The van der Waals surface area contributed by atoms with E-state index in [0.717, 1.165) is 18.4 Å². The smallest absolute Gasteiger partial charge is 0.0878 e. The van der Waals surface area contributed by atoms with Crippen molar-refractivity contribution in [3.63, 3.8) is 0 Å². The molecule has 0 aromatic rings. The van der Waals surface area contributed by atoms with Gasteiger partial charge in [0.25, 0.3) is 0 Å². The van der Waals surface area contributed by atoms with Gasteiger partial charge in [-0.15, -0.1) is 0 Å². The molecule has 2 aliphatic rings. The molecule has 2 aliphatic heterocycles. The maximum absolute atomic E-state index is 5.15. The van der Waals surface area contributed by atoms with Crippen molar-refractivity contribution >= 4 is 0 Å². The van der Waals surface area contributed by atoms with E-state index in [-0.39, 0.29) is 0 Å². The average Bonchev–Trinajstić information content (AvgIpc) is 2.01. The molecule has 0 aliphatic carbocycles. The Morgan fingerprint density at radius 3 is 2.82 bits per heavy atom. The Labute approximate surface area is 67.8 Å². The molecule has 62 valence electrons. The molecule has 1 saturated heterocycles. The van der Waals surface area contributed by atoms with Crippen molar-refractivity contribution in [3.8, 4) is 0 Å². The topological polar surface area (TPSA) is 12.5 Å². The second-order valence-electron chi connectivity index (χ2n) is 3.63. The van der Waals surface area contributed by atoms with Crippen molar-refractivity contribution in [1.29, 1.82) is 0 Å². The van der Waals surface area contributed by atoms with E-state index in [9.17, 15) is 0 Å². The number of likely N-dealkylation sites (tertiary alicyclic amines) is 1. The quantitative estimate of drug-likeness (QED) is 0.559. The van der Waals surface area contributed by atoms with Gasteiger partial charge in [-0.1, -0.05) is 0 Å². The van der Waals surface area contributed by atoms with Crippen LogP contribution in [0.3, 0.4) is 0 Å². The summed E-state index contributed by atoms with van der Waals surface area (Å²) < 4.78 is 5.15. The molecule has 2 rings (SSSR count). The molecule has 2 heteroatoms. The van der Waals surface area contributed by atoms with E-state index in [1.807, 2.05) is 6.26 Å². The van der Waals surface area contributed by atoms with Crippen LogP contribution in [-0.4, -0.2) is 31.6 Å². The van der Waals surface area contributed by atoms with Gasteiger partial charge in [0.05, 0.1) is 12.9 Å². The van der Waals surface area contributed by atoms with Crippen LogP contribution >= 0.6 is 0 Å². The fourth-order valence-electron chi connectivity index (χ4n) is 1.94. The third-order valence-corrected chi connectivity index (χ3v) is 2.69. The van der Waals surface area contributed by atoms with Gasteiger partial charge >= 0.3 is 0 Å². The Bertz CT molecular complexity index is 161. The predicted octanol–water partition coefficient (Wildman–Crippen LogP) is 1.10. The van der Waals surface area contributed by atoms with Crippen molar-refractivity contribution in [1.82, 2.24) is 4.90 Å². The molecule has 1 unspecified atom stereocenters. The van der Waals surface area contributed by atoms with Crippen LogP contribution in [0.25, 0.3) is 0 Å². The van der Waals surface area contributed by atoms with Gasteiger partial charge in [0, 0.05) is 13.1 Å². The maximum atomic E-state index is 5.15. The SMILES string of the molecule is CN1CC(C2C=COCC2)C1. The molecule has 0 spiro atoms. The molecular formula is C9H15NO. The molecule has 1 atom stereocenters. The van der Waals surface area contributed by atoms with Gasteiger partial charge in [0.15, 0.2) is 0 Å². The van der Waals surface area contributed by atoms with Crippen molar-refractivity contribution in [3.05, 3.63) is 12.3 Å². The number of hydrogen-bond donors (Lipinski definition) is 0. The van der Waals surface area contributed by atoms with E-state index in [1.54, 1.807) is 0 Å². The molecule has 0 amide bonds. The molecular weight excluding hydrogens is 138 g/mol. The maximum Gasteiger partial charge on any atom is 0.0878 e. The van der Waals surface area contributed by atoms with Gasteiger partial charge in [-0.2, -0.15) is 0 Å². The van der Waals surface area contributed by atoms with Crippen molar-refractivity contribution < 1.29 is 4.74 Å². The number of rotatable bonds is 1. The zero-order valence-electron chi connectivity index (χ0n) is 6.99. The van der Waals surface area contributed by atoms with Crippen LogP contribution < -0.4 is 0 Å². The summed E-state index contributed by atoms with van der Waals surface area (Å²) in [6.45, 7) is 3.46. The minimum absolute atomic E-state index is 0.792. The zero-order valence-corrected chi connectivity index (χ0v) is 6.99. The lowest BCUT2D eigenvalue weighted by atomic mass is 9.83. The van der Waals surface area contributed by atoms with Crippen LogP contribution in [0.2, 0.25) is 0 Å². The van der Waals surface area contributed by atoms with Crippen molar-refractivity contribution in [2.75, 3.05) is 26.7 Å². The minimum Gasteiger partial charge on any atom is -0.501 e. The van der Waals surface area contributed by atoms with Gasteiger partial charge in [0.2, 0.25) is 0 Å². The van der Waals surface area contributed by atoms with Gasteiger partial charge in [-0.25, -0.2) is 0 Å². The number of ether oxygens (including phenoxy) is 1. The lowest BCUT2D eigenvalue weighted by molar-refractivity contribution is 0.0762. The van der Waals surface area contributed by atoms with Crippen LogP contribution in [0.4, 0.5) is 0 Å². The molecule has 0 bridgehead atoms. The molecule has 2 heterocycles. The van der Waals surface area contributed by atoms with Crippen LogP contribution in [0.15, 0.2) is 12.3 Å². The summed E-state index contributed by atoms with van der Waals surface area (Å²) in [6.07, 6.45) is 5.31. The summed E-state index contributed by atoms with van der Waals surface area (Å²) in [6, 6.07) is 0. The first-order chi connectivity index (χ1) is 5.36. The molecule has 1 fully saturated rings. The molecule has 0 aromatic carbocycles. The van der Waals surface area contributed by atoms with E-state index in [1.165, 1.54) is 19.5 Å². The Morgan fingerprint density at radius 2 is 2.27 bits per heavy atom. The predicted molar refractivity (Wildman–Crippen MR) is 44.2 cm³/mol. The summed E-state index contributed by atoms with van der Waals surface area (Å²) in [5, 5.41) is 0. The second-order valence-corrected chi connectivity index (χ2v) is 3.63. The highest BCUT2D eigenvalue weighted by molar-refractivity contribution is 4.95. The Morgan fingerprint density at radius 1 is 1.45 bits per heavy atom. The Kier molecular flexibility index (Phi) is 1.86. The largest absolute Gasteiger partial charge is 0.501 e. The number of nitrogens with zero attached hydrogens (tertiary/aromatic N) is 1. The first-order valence-electron chi connectivity index (χ1n) is 4.33. The summed E-state index contributed by atoms with van der Waals surface area (Å²) in [5.74, 6) is 1.69. The van der Waals surface area contributed by atoms with Gasteiger partial charge in [-0.3, -0.25) is 0 Å². The van der Waals surface area contributed by atoms with E-state index in [4.69, 9.17) is 4.74 Å². The molecule has 0 N–H and O–H groups in total. The van der Waals surface area contributed by atoms with E-state index in [2.05, 4.69) is 18.0 Å². The van der Waals surface area contributed by atoms with Crippen LogP contribution in [0.1, 0.15) is 6.42 Å². The zero-order chi connectivity index (χ0) is 7.68. The minimum atomic E-state index is 0.792. The van der Waals surface area contributed by atoms with Crippen molar-refractivity contribution in [2.24, 2.45) is 11.8 Å². The van der Waals surface area contributed by atoms with Gasteiger partial charge in [-0.05, 0) is 31.4 Å². The monoisotopic (exact) mass is 153 g/mol. The first-order valence-corrected chi connectivity index (χ1v) is 4.33. The van der Waals surface area contributed by atoms with Crippen LogP contribution in [0, 0.1) is 11.8 Å². The van der Waals surface area contributed by atoms with Crippen LogP contribution in [0.5, 0.6) is 0 Å². The van der Waals surface area contributed by atoms with Crippen molar-refractivity contribution in [2.45, 2.75) is 6.42 Å². The fraction of sp³-hybridized carbons (Fsp3) is 0.778. The molecule has 11 heavy (non-hydrogen) atoms. The molecule has 0 radical (unpaired) electrons. The molecule has 0 aromatic heterocycles. The first kappa shape index (κ1) is 7.17. The highest BCUT2D eigenvalue weighted by atomic mass is 16.5. The fourth-order valence-corrected chi connectivity index (χ4v) is 1.94. The van der Waals surface area contributed by atoms with Gasteiger partial charge < -0.3 is 9.64 Å². The third kappa shape index (κ3) is 1.41. The van der Waals surface area contributed by atoms with Crippen LogP contribution in [-0.2, 0) is 4.74 Å². The lowest BCUT2D eigenvalue weighted by Crippen LogP contribution is -2.47. The molecule has 0 saturated carbocycles. The highest BCUT2D eigenvalue weighted by Gasteiger charge is 2.30. The average molecular weight is 153 g/mol. The van der Waals surface area contributed by atoms with E-state index in [0.29, 0.717) is 0 Å². The normalized spacial score (nSPS) is 33.0. The summed E-state index contributed by atoms with van der Waals surface area (Å²) >= 11 is 0. The lowest BCUT2D eigenvalue weighted by Gasteiger charge is -2.41. The summed E-state index contributed by atoms with van der Waals surface area (Å²) in [7, 11) is 2.18. The standard InChI is InChI=1S/C9H15NO/c1-10-6-9(7-10)8-2-4-11-5-3-8/h2,4,8-9H,3,5-7H2,1H3. The number of hydrogen-bond acceptors (Lipinski definition) is 2. The highest BCUT2D eigenvalue weighted by Crippen LogP contribution is 2.27. The summed E-state index contributed by atoms with van der Waals surface area (Å²) in [4.78, 5) is 2.37. The Hall–Kier alpha value is -0.500. The Balaban J connectivity index is 1.85. The van der Waals surface area contributed by atoms with E-state index < -0.39 is 0 Å². The van der Waals surface area contributed by atoms with Gasteiger partial charge in [0.1, 0.15) is 0 Å². The molecule has 2 nitrogen and oxygen atoms in total. The third-order valence-electron chi connectivity index (χ3n) is 2.69. The second kappa shape index (κ2) is 2.86.